The van der Waals surface area contributed by atoms with E-state index in [0.717, 1.165) is 5.56 Å². The van der Waals surface area contributed by atoms with Crippen molar-refractivity contribution in [3.63, 3.8) is 0 Å². The topological polar surface area (TPSA) is 108 Å². The molecular formula is C20H21NO7. The van der Waals surface area contributed by atoms with Crippen LogP contribution in [-0.4, -0.2) is 37.5 Å². The molecule has 1 amide bonds. The molecule has 2 rings (SSSR count). The third kappa shape index (κ3) is 5.80. The number of aryl methyl sites for hydroxylation is 1. The lowest BCUT2D eigenvalue weighted by Crippen LogP contribution is -2.30. The number of hydrogen-bond donors (Lipinski definition) is 1. The normalized spacial score (nSPS) is 10.2. The molecule has 0 aliphatic heterocycles. The summed E-state index contributed by atoms with van der Waals surface area (Å²) in [6, 6.07) is 8.41. The Balaban J connectivity index is 2.23. The van der Waals surface area contributed by atoms with E-state index in [2.05, 4.69) is 10.1 Å². The van der Waals surface area contributed by atoms with Gasteiger partial charge in [-0.25, -0.2) is 0 Å². The lowest BCUT2D eigenvalue weighted by Gasteiger charge is -2.12. The molecule has 8 heteroatoms. The minimum absolute atomic E-state index is 0.162. The van der Waals surface area contributed by atoms with Crippen LogP contribution < -0.4 is 14.8 Å². The predicted molar refractivity (Wildman–Crippen MR) is 99.9 cm³/mol. The lowest BCUT2D eigenvalue weighted by molar-refractivity contribution is -0.141. The molecule has 0 radical (unpaired) electrons. The highest BCUT2D eigenvalue weighted by molar-refractivity contribution is 5.96. The average Bonchev–Trinajstić information content (AvgIpc) is 2.65. The van der Waals surface area contributed by atoms with Gasteiger partial charge in [-0.15, -0.1) is 0 Å². The van der Waals surface area contributed by atoms with Crippen molar-refractivity contribution in [1.82, 2.24) is 5.32 Å². The Kier molecular flexibility index (Phi) is 7.08. The number of fused-ring (bicyclic) bond motifs is 1. The molecule has 2 aromatic rings. The SMILES string of the molecule is COC(=O)CNC(=O)CCc1ccc2c(OC(C)=O)ccc(OC(C)=O)c2c1. The highest BCUT2D eigenvalue weighted by Gasteiger charge is 2.13. The Morgan fingerprint density at radius 3 is 2.07 bits per heavy atom. The van der Waals surface area contributed by atoms with E-state index in [-0.39, 0.29) is 18.9 Å². The van der Waals surface area contributed by atoms with Gasteiger partial charge in [-0.2, -0.15) is 0 Å². The Morgan fingerprint density at radius 2 is 1.50 bits per heavy atom. The standard InChI is InChI=1S/C20H21NO7/c1-12(22)27-17-7-8-18(28-13(2)23)16-10-14(4-6-15(16)17)5-9-19(24)21-11-20(25)26-3/h4,6-8,10H,5,9,11H2,1-3H3,(H,21,24). The number of benzene rings is 2. The minimum Gasteiger partial charge on any atom is -0.468 e. The summed E-state index contributed by atoms with van der Waals surface area (Å²) in [5.74, 6) is -1.08. The van der Waals surface area contributed by atoms with Gasteiger partial charge < -0.3 is 19.5 Å². The summed E-state index contributed by atoms with van der Waals surface area (Å²) in [5.41, 5.74) is 0.814. The molecule has 28 heavy (non-hydrogen) atoms. The van der Waals surface area contributed by atoms with Crippen LogP contribution in [0.15, 0.2) is 30.3 Å². The number of nitrogens with one attached hydrogen (secondary N) is 1. The third-order valence-corrected chi connectivity index (χ3v) is 3.81. The number of carbonyl (C=O) groups excluding carboxylic acids is 4. The number of rotatable bonds is 7. The summed E-state index contributed by atoms with van der Waals surface area (Å²) >= 11 is 0. The van der Waals surface area contributed by atoms with E-state index in [1.54, 1.807) is 30.3 Å². The molecule has 2 aromatic carbocycles. The van der Waals surface area contributed by atoms with Crippen molar-refractivity contribution in [2.24, 2.45) is 0 Å². The maximum atomic E-state index is 11.8. The zero-order valence-corrected chi connectivity index (χ0v) is 15.9. The number of ether oxygens (including phenoxy) is 3. The molecule has 0 saturated heterocycles. The monoisotopic (exact) mass is 387 g/mol. The van der Waals surface area contributed by atoms with Crippen molar-refractivity contribution >= 4 is 34.6 Å². The number of methoxy groups -OCH3 is 1. The maximum absolute atomic E-state index is 11.8. The van der Waals surface area contributed by atoms with Gasteiger partial charge in [0.1, 0.15) is 18.0 Å². The second-order valence-corrected chi connectivity index (χ2v) is 5.98. The van der Waals surface area contributed by atoms with Crippen LogP contribution >= 0.6 is 0 Å². The number of carbonyl (C=O) groups is 4. The molecule has 0 unspecified atom stereocenters. The first kappa shape index (κ1) is 20.9. The molecule has 0 aromatic heterocycles. The van der Waals surface area contributed by atoms with E-state index >= 15 is 0 Å². The van der Waals surface area contributed by atoms with E-state index in [0.29, 0.717) is 28.7 Å². The Labute approximate surface area is 161 Å². The van der Waals surface area contributed by atoms with Gasteiger partial charge in [0.25, 0.3) is 0 Å². The molecular weight excluding hydrogens is 366 g/mol. The van der Waals surface area contributed by atoms with E-state index < -0.39 is 17.9 Å². The van der Waals surface area contributed by atoms with E-state index in [1.165, 1.54) is 21.0 Å². The third-order valence-electron chi connectivity index (χ3n) is 3.81. The number of esters is 3. The largest absolute Gasteiger partial charge is 0.468 e. The Bertz CT molecular complexity index is 920. The average molecular weight is 387 g/mol. The van der Waals surface area contributed by atoms with Gasteiger partial charge in [0.2, 0.25) is 5.91 Å². The molecule has 0 heterocycles. The summed E-state index contributed by atoms with van der Waals surface area (Å²) in [5, 5.41) is 3.66. The van der Waals surface area contributed by atoms with Gasteiger partial charge in [0.05, 0.1) is 7.11 Å². The number of amides is 1. The minimum atomic E-state index is -0.525. The zero-order chi connectivity index (χ0) is 20.7. The first-order valence-corrected chi connectivity index (χ1v) is 8.56. The molecule has 0 aliphatic carbocycles. The predicted octanol–water partition coefficient (Wildman–Crippen LogP) is 1.91. The number of hydrogen-bond acceptors (Lipinski definition) is 7. The van der Waals surface area contributed by atoms with Gasteiger partial charge in [-0.3, -0.25) is 19.2 Å². The summed E-state index contributed by atoms with van der Waals surface area (Å²) in [6.07, 6.45) is 0.565. The highest BCUT2D eigenvalue weighted by atomic mass is 16.5. The Morgan fingerprint density at radius 1 is 0.893 bits per heavy atom. The lowest BCUT2D eigenvalue weighted by atomic mass is 10.0. The van der Waals surface area contributed by atoms with Crippen molar-refractivity contribution in [1.29, 1.82) is 0 Å². The maximum Gasteiger partial charge on any atom is 0.325 e. The van der Waals surface area contributed by atoms with E-state index in [1.807, 2.05) is 0 Å². The fourth-order valence-electron chi connectivity index (χ4n) is 2.57. The van der Waals surface area contributed by atoms with Crippen molar-refractivity contribution in [2.45, 2.75) is 26.7 Å². The van der Waals surface area contributed by atoms with Crippen LogP contribution in [0.4, 0.5) is 0 Å². The molecule has 0 atom stereocenters. The Hall–Kier alpha value is -3.42. The fourth-order valence-corrected chi connectivity index (χ4v) is 2.57. The van der Waals surface area contributed by atoms with Gasteiger partial charge in [-0.05, 0) is 30.2 Å². The van der Waals surface area contributed by atoms with Gasteiger partial charge in [-0.1, -0.05) is 12.1 Å². The molecule has 0 saturated carbocycles. The van der Waals surface area contributed by atoms with Gasteiger partial charge in [0.15, 0.2) is 0 Å². The molecule has 0 spiro atoms. The van der Waals surface area contributed by atoms with Crippen LogP contribution in [0.1, 0.15) is 25.8 Å². The molecule has 1 N–H and O–H groups in total. The summed E-state index contributed by atoms with van der Waals surface area (Å²) < 4.78 is 14.9. The first-order chi connectivity index (χ1) is 13.3. The van der Waals surface area contributed by atoms with Gasteiger partial charge >= 0.3 is 17.9 Å². The van der Waals surface area contributed by atoms with Crippen LogP contribution in [0.2, 0.25) is 0 Å². The van der Waals surface area contributed by atoms with Crippen LogP contribution in [0.5, 0.6) is 11.5 Å². The van der Waals surface area contributed by atoms with Crippen molar-refractivity contribution in [3.8, 4) is 11.5 Å². The van der Waals surface area contributed by atoms with Crippen molar-refractivity contribution < 1.29 is 33.4 Å². The first-order valence-electron chi connectivity index (χ1n) is 8.56. The van der Waals surface area contributed by atoms with Crippen LogP contribution in [0.3, 0.4) is 0 Å². The van der Waals surface area contributed by atoms with E-state index in [4.69, 9.17) is 9.47 Å². The smallest absolute Gasteiger partial charge is 0.325 e. The summed E-state index contributed by atoms with van der Waals surface area (Å²) in [4.78, 5) is 45.6. The van der Waals surface area contributed by atoms with Crippen molar-refractivity contribution in [2.75, 3.05) is 13.7 Å². The quantitative estimate of drug-likeness (QED) is 0.571. The van der Waals surface area contributed by atoms with E-state index in [9.17, 15) is 19.2 Å². The van der Waals surface area contributed by atoms with Crippen LogP contribution in [0, 0.1) is 0 Å². The molecule has 8 nitrogen and oxygen atoms in total. The molecule has 0 aliphatic rings. The second kappa shape index (κ2) is 9.50. The molecule has 0 fully saturated rings. The second-order valence-electron chi connectivity index (χ2n) is 5.98. The zero-order valence-electron chi connectivity index (χ0n) is 15.9. The molecule has 0 bridgehead atoms. The summed E-state index contributed by atoms with van der Waals surface area (Å²) in [6.45, 7) is 2.41. The summed E-state index contributed by atoms with van der Waals surface area (Å²) in [7, 11) is 1.24. The van der Waals surface area contributed by atoms with Crippen LogP contribution in [0.25, 0.3) is 10.8 Å². The molecule has 148 valence electrons. The highest BCUT2D eigenvalue weighted by Crippen LogP contribution is 2.34. The van der Waals surface area contributed by atoms with Crippen LogP contribution in [-0.2, 0) is 30.3 Å². The van der Waals surface area contributed by atoms with Gasteiger partial charge in [0, 0.05) is 31.0 Å². The fraction of sp³-hybridized carbons (Fsp3) is 0.300. The van der Waals surface area contributed by atoms with Crippen molar-refractivity contribution in [3.05, 3.63) is 35.9 Å².